The van der Waals surface area contributed by atoms with Crippen LogP contribution in [0.4, 0.5) is 9.18 Å². The number of aromatic nitrogens is 2. The number of aryl methyl sites for hydroxylation is 1. The Balaban J connectivity index is 1.61. The Bertz CT molecular complexity index is 735. The Morgan fingerprint density at radius 1 is 1.29 bits per heavy atom. The molecule has 2 heterocycles. The Morgan fingerprint density at radius 3 is 2.92 bits per heavy atom. The lowest BCUT2D eigenvalue weighted by Gasteiger charge is -2.20. The van der Waals surface area contributed by atoms with Crippen LogP contribution in [0.5, 0.6) is 0 Å². The van der Waals surface area contributed by atoms with Crippen molar-refractivity contribution in [3.8, 4) is 0 Å². The number of hydrogen-bond acceptors (Lipinski definition) is 3. The summed E-state index contributed by atoms with van der Waals surface area (Å²) in [5.74, 6) is -0.294. The van der Waals surface area contributed by atoms with Crippen LogP contribution in [0.3, 0.4) is 0 Å². The Morgan fingerprint density at radius 2 is 2.12 bits per heavy atom. The van der Waals surface area contributed by atoms with Crippen molar-refractivity contribution in [2.24, 2.45) is 0 Å². The van der Waals surface area contributed by atoms with Gasteiger partial charge in [0.15, 0.2) is 0 Å². The van der Waals surface area contributed by atoms with Crippen LogP contribution in [0.15, 0.2) is 30.6 Å². The molecule has 0 radical (unpaired) electrons. The largest absolute Gasteiger partial charge is 0.334 e. The summed E-state index contributed by atoms with van der Waals surface area (Å²) in [7, 11) is 0. The minimum Gasteiger partial charge on any atom is -0.334 e. The maximum absolute atomic E-state index is 13.2. The van der Waals surface area contributed by atoms with Crippen molar-refractivity contribution in [1.29, 1.82) is 0 Å². The SMILES string of the molecule is CCc1ncnc2c1CCN(C(=O)NCc1cccc(F)c1)CC2. The maximum atomic E-state index is 13.2. The van der Waals surface area contributed by atoms with E-state index >= 15 is 0 Å². The molecule has 0 saturated carbocycles. The second kappa shape index (κ2) is 7.38. The van der Waals surface area contributed by atoms with Crippen molar-refractivity contribution in [2.75, 3.05) is 13.1 Å². The van der Waals surface area contributed by atoms with E-state index in [1.54, 1.807) is 23.4 Å². The fourth-order valence-corrected chi connectivity index (χ4v) is 3.04. The predicted molar refractivity (Wildman–Crippen MR) is 89.0 cm³/mol. The molecule has 0 saturated heterocycles. The molecule has 0 fully saturated rings. The highest BCUT2D eigenvalue weighted by Gasteiger charge is 2.20. The van der Waals surface area contributed by atoms with Crippen LogP contribution in [-0.2, 0) is 25.8 Å². The smallest absolute Gasteiger partial charge is 0.317 e. The summed E-state index contributed by atoms with van der Waals surface area (Å²) < 4.78 is 13.2. The third kappa shape index (κ3) is 3.69. The minimum atomic E-state index is -0.294. The molecular formula is C18H21FN4O. The van der Waals surface area contributed by atoms with Crippen molar-refractivity contribution < 1.29 is 9.18 Å². The lowest BCUT2D eigenvalue weighted by molar-refractivity contribution is 0.199. The second-order valence-corrected chi connectivity index (χ2v) is 5.87. The van der Waals surface area contributed by atoms with E-state index in [0.29, 0.717) is 19.6 Å². The van der Waals surface area contributed by atoms with Gasteiger partial charge in [0, 0.05) is 37.4 Å². The fourth-order valence-electron chi connectivity index (χ4n) is 3.04. The van der Waals surface area contributed by atoms with Crippen molar-refractivity contribution in [3.63, 3.8) is 0 Å². The number of carbonyl (C=O) groups is 1. The van der Waals surface area contributed by atoms with E-state index in [1.165, 1.54) is 17.7 Å². The molecule has 1 aliphatic heterocycles. The lowest BCUT2D eigenvalue weighted by Crippen LogP contribution is -2.41. The molecule has 24 heavy (non-hydrogen) atoms. The van der Waals surface area contributed by atoms with E-state index in [9.17, 15) is 9.18 Å². The van der Waals surface area contributed by atoms with Crippen LogP contribution >= 0.6 is 0 Å². The average Bonchev–Trinajstić information content (AvgIpc) is 2.82. The zero-order chi connectivity index (χ0) is 16.9. The van der Waals surface area contributed by atoms with Crippen LogP contribution in [0.25, 0.3) is 0 Å². The molecule has 0 aliphatic carbocycles. The van der Waals surface area contributed by atoms with Gasteiger partial charge >= 0.3 is 6.03 Å². The standard InChI is InChI=1S/C18H21FN4O/c1-2-16-15-6-8-23(9-7-17(15)22-12-21-16)18(24)20-11-13-4-3-5-14(19)10-13/h3-5,10,12H,2,6-9,11H2,1H3,(H,20,24). The van der Waals surface area contributed by atoms with Gasteiger partial charge < -0.3 is 10.2 Å². The molecule has 1 aliphatic rings. The molecule has 2 aromatic rings. The molecule has 5 nitrogen and oxygen atoms in total. The molecule has 126 valence electrons. The van der Waals surface area contributed by atoms with Gasteiger partial charge in [-0.15, -0.1) is 0 Å². The molecule has 1 aromatic heterocycles. The summed E-state index contributed by atoms with van der Waals surface area (Å²) in [6.07, 6.45) is 3.99. The van der Waals surface area contributed by atoms with Crippen LogP contribution < -0.4 is 5.32 Å². The van der Waals surface area contributed by atoms with Crippen molar-refractivity contribution >= 4 is 6.03 Å². The van der Waals surface area contributed by atoms with Gasteiger partial charge in [-0.1, -0.05) is 19.1 Å². The van der Waals surface area contributed by atoms with Crippen molar-refractivity contribution in [1.82, 2.24) is 20.2 Å². The number of urea groups is 1. The number of nitrogens with one attached hydrogen (secondary N) is 1. The van der Waals surface area contributed by atoms with Gasteiger partial charge in [0.05, 0.1) is 0 Å². The van der Waals surface area contributed by atoms with Crippen LogP contribution in [0, 0.1) is 5.82 Å². The minimum absolute atomic E-state index is 0.127. The van der Waals surface area contributed by atoms with E-state index in [-0.39, 0.29) is 11.8 Å². The first kappa shape index (κ1) is 16.4. The fraction of sp³-hybridized carbons (Fsp3) is 0.389. The maximum Gasteiger partial charge on any atom is 0.317 e. The monoisotopic (exact) mass is 328 g/mol. The first-order chi connectivity index (χ1) is 11.7. The van der Waals surface area contributed by atoms with Gasteiger partial charge in [0.2, 0.25) is 0 Å². The molecule has 2 amide bonds. The van der Waals surface area contributed by atoms with E-state index in [0.717, 1.165) is 36.2 Å². The van der Waals surface area contributed by atoms with Crippen LogP contribution in [0.2, 0.25) is 0 Å². The Kier molecular flexibility index (Phi) is 5.03. The number of benzene rings is 1. The first-order valence-corrected chi connectivity index (χ1v) is 8.26. The first-order valence-electron chi connectivity index (χ1n) is 8.26. The number of fused-ring (bicyclic) bond motifs is 1. The normalized spacial score (nSPS) is 14.0. The number of carbonyl (C=O) groups excluding carboxylic acids is 1. The van der Waals surface area contributed by atoms with Crippen LogP contribution in [-0.4, -0.2) is 34.0 Å². The second-order valence-electron chi connectivity index (χ2n) is 5.87. The van der Waals surface area contributed by atoms with Gasteiger partial charge in [-0.2, -0.15) is 0 Å². The number of rotatable bonds is 3. The number of nitrogens with zero attached hydrogens (tertiary/aromatic N) is 3. The summed E-state index contributed by atoms with van der Waals surface area (Å²) >= 11 is 0. The number of amides is 2. The third-order valence-corrected chi connectivity index (χ3v) is 4.33. The quantitative estimate of drug-likeness (QED) is 0.942. The molecule has 3 rings (SSSR count). The van der Waals surface area contributed by atoms with Crippen molar-refractivity contribution in [3.05, 3.63) is 58.9 Å². The molecule has 1 N–H and O–H groups in total. The average molecular weight is 328 g/mol. The van der Waals surface area contributed by atoms with E-state index < -0.39 is 0 Å². The molecule has 0 bridgehead atoms. The summed E-state index contributed by atoms with van der Waals surface area (Å²) in [6.45, 7) is 3.67. The zero-order valence-corrected chi connectivity index (χ0v) is 13.8. The molecule has 0 atom stereocenters. The Labute approximate surface area is 140 Å². The highest BCUT2D eigenvalue weighted by atomic mass is 19.1. The topological polar surface area (TPSA) is 58.1 Å². The highest BCUT2D eigenvalue weighted by Crippen LogP contribution is 2.17. The number of hydrogen-bond donors (Lipinski definition) is 1. The van der Waals surface area contributed by atoms with E-state index in [1.807, 2.05) is 0 Å². The van der Waals surface area contributed by atoms with Crippen LogP contribution in [0.1, 0.15) is 29.4 Å². The van der Waals surface area contributed by atoms with Gasteiger partial charge in [-0.3, -0.25) is 0 Å². The van der Waals surface area contributed by atoms with E-state index in [4.69, 9.17) is 0 Å². The molecule has 6 heteroatoms. The molecule has 0 unspecified atom stereocenters. The molecular weight excluding hydrogens is 307 g/mol. The van der Waals surface area contributed by atoms with Gasteiger partial charge in [-0.25, -0.2) is 19.2 Å². The van der Waals surface area contributed by atoms with Gasteiger partial charge in [0.25, 0.3) is 0 Å². The predicted octanol–water partition coefficient (Wildman–Crippen LogP) is 2.49. The van der Waals surface area contributed by atoms with Gasteiger partial charge in [0.1, 0.15) is 12.1 Å². The molecule has 1 aromatic carbocycles. The summed E-state index contributed by atoms with van der Waals surface area (Å²) in [6, 6.07) is 6.14. The lowest BCUT2D eigenvalue weighted by atomic mass is 10.1. The highest BCUT2D eigenvalue weighted by molar-refractivity contribution is 5.74. The van der Waals surface area contributed by atoms with Crippen molar-refractivity contribution in [2.45, 2.75) is 32.7 Å². The van der Waals surface area contributed by atoms with E-state index in [2.05, 4.69) is 22.2 Å². The summed E-state index contributed by atoms with van der Waals surface area (Å²) in [4.78, 5) is 22.9. The summed E-state index contributed by atoms with van der Waals surface area (Å²) in [5.41, 5.74) is 4.05. The molecule has 0 spiro atoms. The number of halogens is 1. The Hall–Kier alpha value is -2.50. The summed E-state index contributed by atoms with van der Waals surface area (Å²) in [5, 5.41) is 2.86. The van der Waals surface area contributed by atoms with Gasteiger partial charge in [-0.05, 0) is 36.1 Å². The zero-order valence-electron chi connectivity index (χ0n) is 13.8. The third-order valence-electron chi connectivity index (χ3n) is 4.33.